The fourth-order valence-corrected chi connectivity index (χ4v) is 1.19. The summed E-state index contributed by atoms with van der Waals surface area (Å²) >= 11 is 2.75. The first-order valence-corrected chi connectivity index (χ1v) is 3.89. The minimum absolute atomic E-state index is 0.171. The molecule has 0 saturated carbocycles. The molecule has 1 rings (SSSR count). The lowest BCUT2D eigenvalue weighted by molar-refractivity contribution is 0.0690. The van der Waals surface area contributed by atoms with E-state index in [4.69, 9.17) is 5.11 Å². The summed E-state index contributed by atoms with van der Waals surface area (Å²) in [6.07, 6.45) is 0. The lowest BCUT2D eigenvalue weighted by atomic mass is 10.5. The van der Waals surface area contributed by atoms with Crippen molar-refractivity contribution >= 4 is 34.2 Å². The molecule has 1 aromatic heterocycles. The standard InChI is InChI=1S/C4H2BrFN2O2S/c5-3-1-2(4(9)10)7-8(3)11-6/h1H,(H,9,10). The lowest BCUT2D eigenvalue weighted by Crippen LogP contribution is -1.97. The van der Waals surface area contributed by atoms with Gasteiger partial charge in [0.15, 0.2) is 18.0 Å². The average molecular weight is 241 g/mol. The molecule has 0 bridgehead atoms. The van der Waals surface area contributed by atoms with Crippen molar-refractivity contribution in [3.8, 4) is 0 Å². The van der Waals surface area contributed by atoms with Gasteiger partial charge in [0.2, 0.25) is 0 Å². The number of hydrogen-bond donors (Lipinski definition) is 1. The van der Waals surface area contributed by atoms with E-state index in [-0.39, 0.29) is 22.6 Å². The average Bonchev–Trinajstić information content (AvgIpc) is 2.31. The molecule has 0 aliphatic rings. The van der Waals surface area contributed by atoms with Gasteiger partial charge in [-0.05, 0) is 15.9 Å². The van der Waals surface area contributed by atoms with Crippen LogP contribution in [0.3, 0.4) is 0 Å². The molecular weight excluding hydrogens is 239 g/mol. The monoisotopic (exact) mass is 240 g/mol. The summed E-state index contributed by atoms with van der Waals surface area (Å²) in [7, 11) is 0. The number of carboxylic acid groups (broad SMARTS) is 1. The molecule has 0 aliphatic heterocycles. The van der Waals surface area contributed by atoms with Crippen molar-refractivity contribution in [3.63, 3.8) is 0 Å². The molecular formula is C4H2BrFN2O2S. The summed E-state index contributed by atoms with van der Waals surface area (Å²) in [5.41, 5.74) is -0.193. The second kappa shape index (κ2) is 3.22. The second-order valence-corrected chi connectivity index (χ2v) is 2.90. The summed E-state index contributed by atoms with van der Waals surface area (Å²) in [5, 5.41) is 11.8. The smallest absolute Gasteiger partial charge is 0.356 e. The van der Waals surface area contributed by atoms with Crippen LogP contribution in [-0.2, 0) is 0 Å². The van der Waals surface area contributed by atoms with E-state index in [1.807, 2.05) is 0 Å². The van der Waals surface area contributed by atoms with Crippen LogP contribution in [0.5, 0.6) is 0 Å². The van der Waals surface area contributed by atoms with E-state index in [2.05, 4.69) is 21.0 Å². The summed E-state index contributed by atoms with van der Waals surface area (Å²) < 4.78 is 13.0. The van der Waals surface area contributed by atoms with E-state index < -0.39 is 5.97 Å². The van der Waals surface area contributed by atoms with Crippen molar-refractivity contribution in [3.05, 3.63) is 16.4 Å². The Labute approximate surface area is 73.9 Å². The highest BCUT2D eigenvalue weighted by Crippen LogP contribution is 2.18. The number of halogens is 2. The Bertz CT molecular complexity index is 290. The number of rotatable bonds is 2. The number of hydrogen-bond acceptors (Lipinski definition) is 3. The van der Waals surface area contributed by atoms with Crippen LogP contribution >= 0.6 is 28.3 Å². The van der Waals surface area contributed by atoms with Crippen LogP contribution in [0.1, 0.15) is 10.5 Å². The van der Waals surface area contributed by atoms with E-state index in [9.17, 15) is 8.68 Å². The topological polar surface area (TPSA) is 55.1 Å². The largest absolute Gasteiger partial charge is 0.476 e. The van der Waals surface area contributed by atoms with Gasteiger partial charge in [-0.1, -0.05) is 0 Å². The molecule has 0 fully saturated rings. The van der Waals surface area contributed by atoms with Crippen molar-refractivity contribution in [2.24, 2.45) is 0 Å². The first kappa shape index (κ1) is 8.54. The fourth-order valence-electron chi connectivity index (χ4n) is 0.495. The molecule has 0 amide bonds. The van der Waals surface area contributed by atoms with Gasteiger partial charge in [0, 0.05) is 6.07 Å². The first-order valence-electron chi connectivity index (χ1n) is 2.43. The Balaban J connectivity index is 3.05. The maximum atomic E-state index is 11.9. The molecule has 0 saturated heterocycles. The number of carboxylic acids is 1. The van der Waals surface area contributed by atoms with Crippen molar-refractivity contribution in [2.45, 2.75) is 0 Å². The third-order valence-electron chi connectivity index (χ3n) is 0.922. The molecule has 0 aromatic carbocycles. The minimum Gasteiger partial charge on any atom is -0.476 e. The number of nitrogens with zero attached hydrogens (tertiary/aromatic N) is 2. The third-order valence-corrected chi connectivity index (χ3v) is 2.13. The van der Waals surface area contributed by atoms with Gasteiger partial charge >= 0.3 is 5.97 Å². The predicted octanol–water partition coefficient (Wildman–Crippen LogP) is 1.72. The van der Waals surface area contributed by atoms with Crippen LogP contribution in [0.2, 0.25) is 0 Å². The number of aromatic nitrogens is 2. The third kappa shape index (κ3) is 1.72. The molecule has 60 valence electrons. The Kier molecular flexibility index (Phi) is 2.50. The van der Waals surface area contributed by atoms with Crippen LogP contribution in [0, 0.1) is 0 Å². The summed E-state index contributed by atoms with van der Waals surface area (Å²) in [6.45, 7) is 0. The van der Waals surface area contributed by atoms with Crippen LogP contribution in [0.25, 0.3) is 0 Å². The maximum absolute atomic E-state index is 11.9. The Morgan fingerprint density at radius 1 is 1.91 bits per heavy atom. The van der Waals surface area contributed by atoms with Crippen molar-refractivity contribution in [1.29, 1.82) is 0 Å². The Morgan fingerprint density at radius 3 is 2.82 bits per heavy atom. The first-order chi connectivity index (χ1) is 5.15. The van der Waals surface area contributed by atoms with Crippen LogP contribution in [0.15, 0.2) is 10.7 Å². The highest BCUT2D eigenvalue weighted by molar-refractivity contribution is 9.10. The van der Waals surface area contributed by atoms with E-state index in [1.54, 1.807) is 0 Å². The van der Waals surface area contributed by atoms with Gasteiger partial charge in [0.05, 0.1) is 0 Å². The molecule has 11 heavy (non-hydrogen) atoms. The van der Waals surface area contributed by atoms with Gasteiger partial charge < -0.3 is 5.11 Å². The normalized spacial score (nSPS) is 10.0. The number of carbonyl (C=O) groups is 1. The SMILES string of the molecule is O=C(O)c1cc(Br)n(SF)n1. The van der Waals surface area contributed by atoms with Gasteiger partial charge in [-0.15, -0.1) is 3.89 Å². The summed E-state index contributed by atoms with van der Waals surface area (Å²) in [6, 6.07) is 1.22. The molecule has 0 radical (unpaired) electrons. The van der Waals surface area contributed by atoms with Gasteiger partial charge in [-0.25, -0.2) is 4.79 Å². The summed E-state index contributed by atoms with van der Waals surface area (Å²) in [4.78, 5) is 10.3. The zero-order valence-corrected chi connectivity index (χ0v) is 7.39. The van der Waals surface area contributed by atoms with E-state index >= 15 is 0 Å². The van der Waals surface area contributed by atoms with Crippen molar-refractivity contribution in [1.82, 2.24) is 9.19 Å². The molecule has 1 heterocycles. The van der Waals surface area contributed by atoms with E-state index in [1.165, 1.54) is 6.07 Å². The van der Waals surface area contributed by atoms with Gasteiger partial charge in [0.25, 0.3) is 0 Å². The quantitative estimate of drug-likeness (QED) is 0.856. The van der Waals surface area contributed by atoms with Crippen molar-refractivity contribution < 1.29 is 13.8 Å². The highest BCUT2D eigenvalue weighted by atomic mass is 79.9. The Morgan fingerprint density at radius 2 is 2.55 bits per heavy atom. The lowest BCUT2D eigenvalue weighted by Gasteiger charge is -1.87. The molecule has 7 heteroatoms. The molecule has 0 aliphatic carbocycles. The molecule has 0 spiro atoms. The fraction of sp³-hybridized carbons (Fsp3) is 0. The van der Waals surface area contributed by atoms with E-state index in [0.29, 0.717) is 0 Å². The van der Waals surface area contributed by atoms with Crippen molar-refractivity contribution in [2.75, 3.05) is 0 Å². The zero-order valence-electron chi connectivity index (χ0n) is 4.99. The summed E-state index contributed by atoms with van der Waals surface area (Å²) in [5.74, 6) is -1.18. The number of aromatic carboxylic acids is 1. The second-order valence-electron chi connectivity index (χ2n) is 1.60. The molecule has 4 nitrogen and oxygen atoms in total. The molecule has 0 unspecified atom stereocenters. The minimum atomic E-state index is -1.18. The zero-order chi connectivity index (χ0) is 8.43. The van der Waals surface area contributed by atoms with Gasteiger partial charge in [0.1, 0.15) is 4.60 Å². The van der Waals surface area contributed by atoms with Crippen LogP contribution < -0.4 is 0 Å². The molecule has 0 atom stereocenters. The maximum Gasteiger partial charge on any atom is 0.356 e. The van der Waals surface area contributed by atoms with Crippen LogP contribution in [-0.4, -0.2) is 20.3 Å². The van der Waals surface area contributed by atoms with Gasteiger partial charge in [-0.3, -0.25) is 0 Å². The molecule has 1 N–H and O–H groups in total. The Hall–Kier alpha value is -0.560. The van der Waals surface area contributed by atoms with E-state index in [0.717, 1.165) is 4.09 Å². The van der Waals surface area contributed by atoms with Gasteiger partial charge in [-0.2, -0.15) is 9.19 Å². The van der Waals surface area contributed by atoms with Crippen LogP contribution in [0.4, 0.5) is 3.89 Å². The predicted molar refractivity (Wildman–Crippen MR) is 41.0 cm³/mol. The molecule has 1 aromatic rings. The highest BCUT2D eigenvalue weighted by Gasteiger charge is 2.11.